The number of para-hydroxylation sites is 1. The van der Waals surface area contributed by atoms with E-state index >= 15 is 0 Å². The fourth-order valence-electron chi connectivity index (χ4n) is 3.41. The molecule has 0 spiro atoms. The predicted molar refractivity (Wildman–Crippen MR) is 113 cm³/mol. The molecule has 1 atom stereocenters. The number of rotatable bonds is 7. The summed E-state index contributed by atoms with van der Waals surface area (Å²) < 4.78 is 37.3. The van der Waals surface area contributed by atoms with Crippen molar-refractivity contribution in [1.29, 1.82) is 0 Å². The van der Waals surface area contributed by atoms with Crippen molar-refractivity contribution in [3.63, 3.8) is 0 Å². The first kappa shape index (κ1) is 21.1. The topological polar surface area (TPSA) is 53.3 Å². The van der Waals surface area contributed by atoms with Crippen molar-refractivity contribution in [2.24, 2.45) is 0 Å². The van der Waals surface area contributed by atoms with Crippen LogP contribution in [0.5, 0.6) is 5.75 Å². The third-order valence-electron chi connectivity index (χ3n) is 4.84. The number of hydrogen-bond donors (Lipinski definition) is 0. The molecule has 158 valence electrons. The highest BCUT2D eigenvalue weighted by Gasteiger charge is 2.21. The lowest BCUT2D eigenvalue weighted by molar-refractivity contribution is -0.0503. The molecule has 3 aromatic rings. The minimum absolute atomic E-state index is 0.0527. The molecule has 1 aromatic heterocycles. The molecule has 0 radical (unpaired) electrons. The third kappa shape index (κ3) is 4.77. The van der Waals surface area contributed by atoms with E-state index in [9.17, 15) is 13.6 Å². The monoisotopic (exact) mass is 452 g/mol. The van der Waals surface area contributed by atoms with Gasteiger partial charge in [-0.1, -0.05) is 41.6 Å². The van der Waals surface area contributed by atoms with Crippen LogP contribution in [0.2, 0.25) is 5.02 Å². The van der Waals surface area contributed by atoms with Gasteiger partial charge in [0.1, 0.15) is 5.75 Å². The molecular weight excluding hydrogens is 434 g/mol. The third-order valence-corrected chi connectivity index (χ3v) is 6.10. The first-order valence-corrected chi connectivity index (χ1v) is 10.8. The van der Waals surface area contributed by atoms with Crippen molar-refractivity contribution in [3.05, 3.63) is 63.4 Å². The molecule has 2 heterocycles. The van der Waals surface area contributed by atoms with Gasteiger partial charge < -0.3 is 9.47 Å². The largest absolute Gasteiger partial charge is 0.435 e. The zero-order chi connectivity index (χ0) is 21.1. The van der Waals surface area contributed by atoms with E-state index in [0.29, 0.717) is 45.5 Å². The molecule has 30 heavy (non-hydrogen) atoms. The van der Waals surface area contributed by atoms with Crippen molar-refractivity contribution < 1.29 is 18.3 Å². The molecule has 0 amide bonds. The first-order valence-electron chi connectivity index (χ1n) is 9.48. The fourth-order valence-corrected chi connectivity index (χ4v) is 4.58. The van der Waals surface area contributed by atoms with E-state index in [1.165, 1.54) is 17.8 Å². The number of aromatic nitrogens is 2. The Hall–Kier alpha value is -2.16. The lowest BCUT2D eigenvalue weighted by Gasteiger charge is -2.17. The van der Waals surface area contributed by atoms with E-state index in [2.05, 4.69) is 9.72 Å². The Morgan fingerprint density at radius 2 is 2.13 bits per heavy atom. The van der Waals surface area contributed by atoms with E-state index in [-0.39, 0.29) is 17.4 Å². The van der Waals surface area contributed by atoms with Crippen molar-refractivity contribution in [1.82, 2.24) is 9.55 Å². The fraction of sp³-hybridized carbons (Fsp3) is 0.333. The van der Waals surface area contributed by atoms with Gasteiger partial charge in [0.2, 0.25) is 0 Å². The molecule has 9 heteroatoms. The van der Waals surface area contributed by atoms with Crippen LogP contribution in [0.4, 0.5) is 8.78 Å². The van der Waals surface area contributed by atoms with Gasteiger partial charge >= 0.3 is 6.61 Å². The number of thioether (sulfide) groups is 1. The van der Waals surface area contributed by atoms with Gasteiger partial charge in [-0.05, 0) is 37.1 Å². The SMILES string of the molecule is O=c1c2ccc(Cl)cc2nc(SCc2ccccc2OC(F)F)n1CC1CCCO1. The molecule has 5 nitrogen and oxygen atoms in total. The van der Waals surface area contributed by atoms with Crippen LogP contribution in [0.1, 0.15) is 18.4 Å². The average Bonchev–Trinajstić information content (AvgIpc) is 3.22. The molecule has 0 saturated carbocycles. The van der Waals surface area contributed by atoms with Crippen molar-refractivity contribution in [3.8, 4) is 5.75 Å². The lowest BCUT2D eigenvalue weighted by Crippen LogP contribution is -2.28. The molecule has 0 aliphatic carbocycles. The van der Waals surface area contributed by atoms with E-state index in [1.54, 1.807) is 41.0 Å². The predicted octanol–water partition coefficient (Wildman–Crippen LogP) is 5.12. The number of benzene rings is 2. The van der Waals surface area contributed by atoms with Crippen LogP contribution in [-0.2, 0) is 17.0 Å². The minimum atomic E-state index is -2.91. The van der Waals surface area contributed by atoms with Crippen LogP contribution >= 0.6 is 23.4 Å². The summed E-state index contributed by atoms with van der Waals surface area (Å²) in [4.78, 5) is 17.8. The summed E-state index contributed by atoms with van der Waals surface area (Å²) in [5.41, 5.74) is 0.911. The van der Waals surface area contributed by atoms with Crippen molar-refractivity contribution in [2.75, 3.05) is 6.61 Å². The van der Waals surface area contributed by atoms with E-state index in [1.807, 2.05) is 0 Å². The Morgan fingerprint density at radius 1 is 1.30 bits per heavy atom. The molecule has 1 saturated heterocycles. The van der Waals surface area contributed by atoms with Gasteiger partial charge in [-0.25, -0.2) is 4.98 Å². The molecule has 1 fully saturated rings. The molecule has 2 aromatic carbocycles. The average molecular weight is 453 g/mol. The first-order chi connectivity index (χ1) is 14.5. The lowest BCUT2D eigenvalue weighted by atomic mass is 10.2. The molecule has 0 N–H and O–H groups in total. The second-order valence-corrected chi connectivity index (χ2v) is 8.26. The van der Waals surface area contributed by atoms with Gasteiger partial charge in [-0.15, -0.1) is 0 Å². The molecule has 1 aliphatic heterocycles. The van der Waals surface area contributed by atoms with Gasteiger partial charge in [0.05, 0.1) is 23.6 Å². The Labute approximate surface area is 181 Å². The van der Waals surface area contributed by atoms with Gasteiger partial charge in [0, 0.05) is 22.9 Å². The number of ether oxygens (including phenoxy) is 2. The van der Waals surface area contributed by atoms with Crippen molar-refractivity contribution >= 4 is 34.3 Å². The van der Waals surface area contributed by atoms with Gasteiger partial charge in [-0.2, -0.15) is 8.78 Å². The summed E-state index contributed by atoms with van der Waals surface area (Å²) >= 11 is 7.37. The highest BCUT2D eigenvalue weighted by molar-refractivity contribution is 7.98. The molecule has 0 bridgehead atoms. The van der Waals surface area contributed by atoms with Crippen LogP contribution in [0.3, 0.4) is 0 Å². The van der Waals surface area contributed by atoms with Crippen LogP contribution < -0.4 is 10.3 Å². The van der Waals surface area contributed by atoms with Gasteiger partial charge in [0.15, 0.2) is 5.16 Å². The normalized spacial score (nSPS) is 16.5. The number of fused-ring (bicyclic) bond motifs is 1. The Balaban J connectivity index is 1.69. The summed E-state index contributed by atoms with van der Waals surface area (Å²) in [6.45, 7) is -1.84. The Morgan fingerprint density at radius 3 is 2.90 bits per heavy atom. The zero-order valence-corrected chi connectivity index (χ0v) is 17.5. The second-order valence-electron chi connectivity index (χ2n) is 6.88. The van der Waals surface area contributed by atoms with Gasteiger partial charge in [0.25, 0.3) is 5.56 Å². The standard InChI is InChI=1S/C21H19ClF2N2O3S/c22-14-7-8-16-17(10-14)25-21(26(19(16)27)11-15-5-3-9-28-15)30-12-13-4-1-2-6-18(13)29-20(23)24/h1-2,4,6-8,10,15,20H,3,5,9,11-12H2. The van der Waals surface area contributed by atoms with Crippen LogP contribution in [0.25, 0.3) is 10.9 Å². The number of halogens is 3. The second kappa shape index (κ2) is 9.32. The van der Waals surface area contributed by atoms with Crippen LogP contribution in [0, 0.1) is 0 Å². The van der Waals surface area contributed by atoms with E-state index < -0.39 is 6.61 Å². The zero-order valence-electron chi connectivity index (χ0n) is 15.9. The molecule has 4 rings (SSSR count). The smallest absolute Gasteiger partial charge is 0.387 e. The quantitative estimate of drug-likeness (QED) is 0.368. The summed E-state index contributed by atoms with van der Waals surface area (Å²) in [6, 6.07) is 11.6. The highest BCUT2D eigenvalue weighted by atomic mass is 35.5. The number of nitrogens with zero attached hydrogens (tertiary/aromatic N) is 2. The molecule has 1 aliphatic rings. The minimum Gasteiger partial charge on any atom is -0.435 e. The maximum atomic E-state index is 13.2. The van der Waals surface area contributed by atoms with E-state index in [0.717, 1.165) is 12.8 Å². The van der Waals surface area contributed by atoms with E-state index in [4.69, 9.17) is 16.3 Å². The maximum absolute atomic E-state index is 13.2. The van der Waals surface area contributed by atoms with Crippen LogP contribution in [0.15, 0.2) is 52.4 Å². The molecular formula is C21H19ClF2N2O3S. The molecule has 1 unspecified atom stereocenters. The summed E-state index contributed by atoms with van der Waals surface area (Å²) in [5, 5.41) is 1.44. The summed E-state index contributed by atoms with van der Waals surface area (Å²) in [5.74, 6) is 0.421. The van der Waals surface area contributed by atoms with Crippen molar-refractivity contribution in [2.45, 2.75) is 43.0 Å². The van der Waals surface area contributed by atoms with Crippen LogP contribution in [-0.4, -0.2) is 28.9 Å². The maximum Gasteiger partial charge on any atom is 0.387 e. The highest BCUT2D eigenvalue weighted by Crippen LogP contribution is 2.29. The summed E-state index contributed by atoms with van der Waals surface area (Å²) in [6.07, 6.45) is 1.78. The summed E-state index contributed by atoms with van der Waals surface area (Å²) in [7, 11) is 0. The van der Waals surface area contributed by atoms with Gasteiger partial charge in [-0.3, -0.25) is 9.36 Å². The number of hydrogen-bond acceptors (Lipinski definition) is 5. The Kier molecular flexibility index (Phi) is 6.55. The Bertz CT molecular complexity index is 1100. The number of alkyl halides is 2.